The van der Waals surface area contributed by atoms with Gasteiger partial charge in [-0.15, -0.1) is 0 Å². The van der Waals surface area contributed by atoms with Crippen molar-refractivity contribution in [3.63, 3.8) is 0 Å². The van der Waals surface area contributed by atoms with E-state index in [2.05, 4.69) is 15.7 Å². The molecule has 0 amide bonds. The zero-order chi connectivity index (χ0) is 6.53. The average molecular weight is 112 g/mol. The van der Waals surface area contributed by atoms with Gasteiger partial charge in [0.15, 0.2) is 0 Å². The quantitative estimate of drug-likeness (QED) is 0.574. The Labute approximate surface area is 49.4 Å². The molecular formula is C5H9N3. The van der Waals surface area contributed by atoms with E-state index < -0.39 is 0 Å². The second-order valence-corrected chi connectivity index (χ2v) is 1.58. The van der Waals surface area contributed by atoms with E-state index >= 15 is 0 Å². The molecule has 0 unspecified atom stereocenters. The number of hydrogen-bond acceptors (Lipinski definition) is 2. The molecule has 0 spiro atoms. The monoisotopic (exact) mass is 112 g/mol. The molecule has 1 aromatic heterocycles. The number of hydrogen-bond donors (Lipinski definition) is 2. The van der Waals surface area contributed by atoms with E-state index in [1.807, 2.05) is 0 Å². The lowest BCUT2D eigenvalue weighted by Gasteiger charge is -1.86. The summed E-state index contributed by atoms with van der Waals surface area (Å²) in [5, 5.41) is 0. The van der Waals surface area contributed by atoms with Crippen molar-refractivity contribution in [2.24, 2.45) is 5.73 Å². The number of H-pyrrole nitrogens is 1. The third-order valence-corrected chi connectivity index (χ3v) is 0.949. The number of nitrogens with two attached hydrogens (primary N) is 1. The van der Waals surface area contributed by atoms with Gasteiger partial charge in [0.1, 0.15) is 1.41 Å². The Balaban J connectivity index is 2.30. The maximum atomic E-state index is 6.62. The maximum absolute atomic E-state index is 6.62. The number of aromatic nitrogens is 2. The highest BCUT2D eigenvalue weighted by molar-refractivity contribution is 4.93. The Morgan fingerprint density at radius 2 is 3.00 bits per heavy atom. The van der Waals surface area contributed by atoms with E-state index in [-0.39, 0.29) is 0 Å². The van der Waals surface area contributed by atoms with Crippen LogP contribution in [0.1, 0.15) is 5.69 Å². The van der Waals surface area contributed by atoms with E-state index in [9.17, 15) is 0 Å². The Hall–Kier alpha value is -0.830. The van der Waals surface area contributed by atoms with Gasteiger partial charge in [0.25, 0.3) is 0 Å². The van der Waals surface area contributed by atoms with Crippen LogP contribution in [0.4, 0.5) is 0 Å². The lowest BCUT2D eigenvalue weighted by atomic mass is 10.3. The summed E-state index contributed by atoms with van der Waals surface area (Å²) >= 11 is 0. The summed E-state index contributed by atoms with van der Waals surface area (Å²) in [7, 11) is 0. The van der Waals surface area contributed by atoms with Crippen molar-refractivity contribution in [3.8, 4) is 0 Å². The smallest absolute Gasteiger partial charge is 0.118 e. The summed E-state index contributed by atoms with van der Waals surface area (Å²) in [6.45, 7) is 0.669. The van der Waals surface area contributed by atoms with Crippen molar-refractivity contribution in [2.45, 2.75) is 6.42 Å². The van der Waals surface area contributed by atoms with Gasteiger partial charge >= 0.3 is 0 Å². The molecular weight excluding hydrogens is 102 g/mol. The van der Waals surface area contributed by atoms with E-state index in [0.29, 0.717) is 6.54 Å². The normalized spacial score (nSPS) is 11.2. The van der Waals surface area contributed by atoms with Crippen LogP contribution in [-0.2, 0) is 6.42 Å². The number of imidazole rings is 1. The van der Waals surface area contributed by atoms with Crippen LogP contribution in [0.5, 0.6) is 0 Å². The minimum Gasteiger partial charge on any atom is -0.348 e. The zero-order valence-electron chi connectivity index (χ0n) is 5.52. The van der Waals surface area contributed by atoms with Crippen LogP contribution in [0.3, 0.4) is 0 Å². The van der Waals surface area contributed by atoms with Crippen molar-refractivity contribution in [3.05, 3.63) is 18.2 Å². The lowest BCUT2D eigenvalue weighted by Crippen LogP contribution is -2.02. The Bertz CT molecular complexity index is 149. The van der Waals surface area contributed by atoms with Crippen LogP contribution < -0.4 is 5.73 Å². The van der Waals surface area contributed by atoms with Crippen molar-refractivity contribution in [2.75, 3.05) is 6.54 Å². The molecule has 1 aromatic rings. The minimum atomic E-state index is 0.669. The van der Waals surface area contributed by atoms with Gasteiger partial charge in [-0.3, -0.25) is 0 Å². The highest BCUT2D eigenvalue weighted by Gasteiger charge is 1.86. The Morgan fingerprint density at radius 3 is 3.62 bits per heavy atom. The van der Waals surface area contributed by atoms with Gasteiger partial charge in [-0.2, -0.15) is 0 Å². The molecule has 0 atom stereocenters. The molecule has 3 heteroatoms. The summed E-state index contributed by atoms with van der Waals surface area (Å²) < 4.78 is 6.62. The van der Waals surface area contributed by atoms with Crippen molar-refractivity contribution in [1.82, 2.24) is 9.97 Å². The van der Waals surface area contributed by atoms with Crippen molar-refractivity contribution in [1.29, 1.82) is 0 Å². The summed E-state index contributed by atoms with van der Waals surface area (Å²) in [4.78, 5) is 6.77. The van der Waals surface area contributed by atoms with Crippen LogP contribution in [0.25, 0.3) is 0 Å². The second-order valence-electron chi connectivity index (χ2n) is 1.58. The first-order valence-electron chi connectivity index (χ1n) is 3.05. The zero-order valence-corrected chi connectivity index (χ0v) is 4.52. The van der Waals surface area contributed by atoms with Gasteiger partial charge in [0.05, 0.1) is 6.33 Å². The maximum Gasteiger partial charge on any atom is 0.118 e. The van der Waals surface area contributed by atoms with Crippen molar-refractivity contribution < 1.29 is 1.41 Å². The largest absolute Gasteiger partial charge is 0.348 e. The number of rotatable bonds is 3. The Kier molecular flexibility index (Phi) is 1.26. The molecule has 1 rings (SSSR count). The molecule has 0 saturated carbocycles. The second kappa shape index (κ2) is 2.47. The van der Waals surface area contributed by atoms with Gasteiger partial charge in [0.2, 0.25) is 0 Å². The Morgan fingerprint density at radius 1 is 2.00 bits per heavy atom. The fourth-order valence-corrected chi connectivity index (χ4v) is 0.556. The first-order chi connectivity index (χ1) is 4.43. The fourth-order valence-electron chi connectivity index (χ4n) is 0.556. The molecule has 0 aliphatic rings. The summed E-state index contributed by atoms with van der Waals surface area (Å²) in [6.07, 6.45) is 4.24. The first kappa shape index (κ1) is 4.09. The fraction of sp³-hybridized carbons (Fsp3) is 0.400. The lowest BCUT2D eigenvalue weighted by molar-refractivity contribution is 0.935. The molecule has 0 aliphatic heterocycles. The molecule has 1 heterocycles. The molecule has 0 saturated heterocycles. The SMILES string of the molecule is [2H]NCCc1cnc[nH]1. The predicted octanol–water partition coefficient (Wildman–Crippen LogP) is -0.0891. The van der Waals surface area contributed by atoms with Crippen LogP contribution in [0.15, 0.2) is 12.5 Å². The summed E-state index contributed by atoms with van der Waals surface area (Å²) in [6, 6.07) is 0. The average Bonchev–Trinajstić information content (AvgIpc) is 2.34. The van der Waals surface area contributed by atoms with Crippen molar-refractivity contribution >= 4 is 0 Å². The van der Waals surface area contributed by atoms with Gasteiger partial charge < -0.3 is 10.7 Å². The van der Waals surface area contributed by atoms with Crippen LogP contribution >= 0.6 is 0 Å². The standard InChI is InChI=1S/C5H9N3/c6-2-1-5-3-7-4-8-5/h3-4H,1-2,6H2,(H,7,8)/i/hD. The summed E-state index contributed by atoms with van der Waals surface area (Å²) in [5.41, 5.74) is 3.37. The molecule has 0 radical (unpaired) electrons. The highest BCUT2D eigenvalue weighted by Crippen LogP contribution is 1.88. The van der Waals surface area contributed by atoms with Crippen LogP contribution in [0, 0.1) is 0 Å². The number of nitrogens with zero attached hydrogens (tertiary/aromatic N) is 1. The molecule has 3 N–H and O–H groups in total. The number of aromatic amines is 1. The van der Waals surface area contributed by atoms with Crippen LogP contribution in [0.2, 0.25) is 1.41 Å². The third kappa shape index (κ3) is 1.07. The van der Waals surface area contributed by atoms with E-state index in [0.717, 1.165) is 12.1 Å². The minimum absolute atomic E-state index is 0.669. The predicted molar refractivity (Wildman–Crippen MR) is 31.3 cm³/mol. The first-order valence-corrected chi connectivity index (χ1v) is 2.55. The molecule has 0 fully saturated rings. The highest BCUT2D eigenvalue weighted by atomic mass is 14.9. The van der Waals surface area contributed by atoms with Gasteiger partial charge in [0, 0.05) is 18.3 Å². The van der Waals surface area contributed by atoms with Gasteiger partial charge in [-0.25, -0.2) is 4.98 Å². The van der Waals surface area contributed by atoms with E-state index in [1.165, 1.54) is 0 Å². The van der Waals surface area contributed by atoms with Crippen LogP contribution in [-0.4, -0.2) is 16.5 Å². The number of nitrogens with one attached hydrogen (secondary N) is 1. The molecule has 8 heavy (non-hydrogen) atoms. The molecule has 0 aromatic carbocycles. The third-order valence-electron chi connectivity index (χ3n) is 0.949. The molecule has 3 nitrogen and oxygen atoms in total. The van der Waals surface area contributed by atoms with Gasteiger partial charge in [-0.05, 0) is 6.54 Å². The van der Waals surface area contributed by atoms with E-state index in [1.54, 1.807) is 12.5 Å². The van der Waals surface area contributed by atoms with E-state index in [4.69, 9.17) is 1.41 Å². The summed E-state index contributed by atoms with van der Waals surface area (Å²) in [5.74, 6) is 0. The molecule has 0 aliphatic carbocycles. The molecule has 0 bridgehead atoms. The topological polar surface area (TPSA) is 54.7 Å². The van der Waals surface area contributed by atoms with Gasteiger partial charge in [-0.1, -0.05) is 0 Å². The molecule has 44 valence electrons.